The van der Waals surface area contributed by atoms with E-state index in [1.54, 1.807) is 23.3 Å². The van der Waals surface area contributed by atoms with Crippen LogP contribution in [0.5, 0.6) is 0 Å². The predicted octanol–water partition coefficient (Wildman–Crippen LogP) is 0.970. The van der Waals surface area contributed by atoms with E-state index in [2.05, 4.69) is 20.2 Å². The van der Waals surface area contributed by atoms with Crippen molar-refractivity contribution < 1.29 is 9.21 Å². The number of carbonyl (C=O) groups excluding carboxylic acids is 1. The molecular weight excluding hydrogens is 284 g/mol. The molecule has 1 saturated heterocycles. The first-order chi connectivity index (χ1) is 10.7. The molecule has 2 N–H and O–H groups in total. The third-order valence-electron chi connectivity index (χ3n) is 3.97. The lowest BCUT2D eigenvalue weighted by Gasteiger charge is -2.16. The van der Waals surface area contributed by atoms with Crippen LogP contribution in [0.2, 0.25) is 0 Å². The van der Waals surface area contributed by atoms with E-state index in [9.17, 15) is 4.79 Å². The van der Waals surface area contributed by atoms with Crippen molar-refractivity contribution in [3.05, 3.63) is 36.5 Å². The molecule has 3 aromatic heterocycles. The quantitative estimate of drug-likeness (QED) is 0.772. The molecule has 3 aromatic rings. The summed E-state index contributed by atoms with van der Waals surface area (Å²) >= 11 is 0. The van der Waals surface area contributed by atoms with Gasteiger partial charge in [0.25, 0.3) is 5.91 Å². The largest absolute Gasteiger partial charge is 0.460 e. The van der Waals surface area contributed by atoms with Crippen LogP contribution < -0.4 is 10.6 Å². The lowest BCUT2D eigenvalue weighted by atomic mass is 10.2. The van der Waals surface area contributed by atoms with E-state index in [1.807, 2.05) is 6.07 Å². The average molecular weight is 298 g/mol. The molecule has 1 fully saturated rings. The molecule has 0 bridgehead atoms. The smallest absolute Gasteiger partial charge is 0.251 e. The third-order valence-corrected chi connectivity index (χ3v) is 3.97. The number of rotatable bonds is 3. The molecule has 1 atom stereocenters. The second-order valence-corrected chi connectivity index (χ2v) is 5.34. The number of hydrogen-bond donors (Lipinski definition) is 1. The first-order valence-corrected chi connectivity index (χ1v) is 7.00. The van der Waals surface area contributed by atoms with Gasteiger partial charge in [0.2, 0.25) is 0 Å². The summed E-state index contributed by atoms with van der Waals surface area (Å²) in [5.41, 5.74) is 6.43. The Morgan fingerprint density at radius 1 is 1.41 bits per heavy atom. The van der Waals surface area contributed by atoms with Gasteiger partial charge in [0, 0.05) is 24.7 Å². The van der Waals surface area contributed by atoms with Gasteiger partial charge in [0.1, 0.15) is 0 Å². The molecular formula is C14H14N6O2. The van der Waals surface area contributed by atoms with E-state index in [0.717, 1.165) is 36.3 Å². The minimum atomic E-state index is -0.465. The number of nitrogens with two attached hydrogens (primary N) is 1. The van der Waals surface area contributed by atoms with Crippen molar-refractivity contribution in [1.82, 2.24) is 20.0 Å². The molecule has 0 aromatic carbocycles. The Labute approximate surface area is 125 Å². The van der Waals surface area contributed by atoms with Crippen molar-refractivity contribution in [2.45, 2.75) is 12.5 Å². The Hall–Kier alpha value is -2.90. The SMILES string of the molecule is NC(=O)c1cnn(C2CCN(c3nncc4ccoc34)C2)c1. The van der Waals surface area contributed by atoms with E-state index in [1.165, 1.54) is 6.20 Å². The first kappa shape index (κ1) is 12.8. The van der Waals surface area contributed by atoms with Crippen molar-refractivity contribution in [2.75, 3.05) is 18.0 Å². The minimum Gasteiger partial charge on any atom is -0.460 e. The van der Waals surface area contributed by atoms with Crippen molar-refractivity contribution in [1.29, 1.82) is 0 Å². The Morgan fingerprint density at radius 2 is 2.32 bits per heavy atom. The van der Waals surface area contributed by atoms with Gasteiger partial charge in [-0.1, -0.05) is 0 Å². The maximum absolute atomic E-state index is 11.2. The molecule has 1 amide bonds. The molecule has 0 saturated carbocycles. The van der Waals surface area contributed by atoms with Crippen LogP contribution in [-0.2, 0) is 0 Å². The van der Waals surface area contributed by atoms with Crippen molar-refractivity contribution in [2.24, 2.45) is 5.73 Å². The second kappa shape index (κ2) is 4.83. The van der Waals surface area contributed by atoms with Gasteiger partial charge in [0.15, 0.2) is 11.4 Å². The van der Waals surface area contributed by atoms with E-state index in [0.29, 0.717) is 5.56 Å². The van der Waals surface area contributed by atoms with Crippen molar-refractivity contribution >= 4 is 22.7 Å². The van der Waals surface area contributed by atoms with Gasteiger partial charge in [-0.2, -0.15) is 10.2 Å². The zero-order chi connectivity index (χ0) is 15.1. The summed E-state index contributed by atoms with van der Waals surface area (Å²) in [5.74, 6) is 0.277. The van der Waals surface area contributed by atoms with Gasteiger partial charge in [-0.25, -0.2) is 0 Å². The molecule has 1 aliphatic rings. The molecule has 0 aliphatic carbocycles. The Bertz CT molecular complexity index is 839. The van der Waals surface area contributed by atoms with E-state index in [4.69, 9.17) is 10.2 Å². The highest BCUT2D eigenvalue weighted by atomic mass is 16.3. The topological polar surface area (TPSA) is 103 Å². The summed E-state index contributed by atoms with van der Waals surface area (Å²) in [7, 11) is 0. The molecule has 112 valence electrons. The zero-order valence-electron chi connectivity index (χ0n) is 11.7. The first-order valence-electron chi connectivity index (χ1n) is 7.00. The molecule has 4 heterocycles. The zero-order valence-corrected chi connectivity index (χ0v) is 11.7. The number of hydrogen-bond acceptors (Lipinski definition) is 6. The summed E-state index contributed by atoms with van der Waals surface area (Å²) in [5, 5.41) is 13.4. The number of anilines is 1. The maximum atomic E-state index is 11.2. The van der Waals surface area contributed by atoms with Crippen LogP contribution in [0.25, 0.3) is 11.0 Å². The number of carbonyl (C=O) groups is 1. The Kier molecular flexibility index (Phi) is 2.81. The summed E-state index contributed by atoms with van der Waals surface area (Å²) < 4.78 is 7.30. The summed E-state index contributed by atoms with van der Waals surface area (Å²) in [6.45, 7) is 1.55. The van der Waals surface area contributed by atoms with Gasteiger partial charge < -0.3 is 15.1 Å². The average Bonchev–Trinajstić information content (AvgIpc) is 3.25. The third kappa shape index (κ3) is 2.00. The molecule has 4 rings (SSSR count). The molecule has 8 nitrogen and oxygen atoms in total. The Morgan fingerprint density at radius 3 is 3.14 bits per heavy atom. The van der Waals surface area contributed by atoms with Gasteiger partial charge >= 0.3 is 0 Å². The van der Waals surface area contributed by atoms with E-state index < -0.39 is 5.91 Å². The van der Waals surface area contributed by atoms with Gasteiger partial charge in [-0.05, 0) is 12.5 Å². The fraction of sp³-hybridized carbons (Fsp3) is 0.286. The fourth-order valence-electron chi connectivity index (χ4n) is 2.82. The summed E-state index contributed by atoms with van der Waals surface area (Å²) in [4.78, 5) is 13.3. The number of aromatic nitrogens is 4. The van der Waals surface area contributed by atoms with Gasteiger partial charge in [-0.15, -0.1) is 5.10 Å². The number of primary amides is 1. The minimum absolute atomic E-state index is 0.167. The second-order valence-electron chi connectivity index (χ2n) is 5.34. The standard InChI is InChI=1S/C14H14N6O2/c15-13(21)10-6-17-20(7-10)11-1-3-19(8-11)14-12-9(2-4-22-12)5-16-18-14/h2,4-7,11H,1,3,8H2,(H2,15,21). The molecule has 1 unspecified atom stereocenters. The highest BCUT2D eigenvalue weighted by Gasteiger charge is 2.28. The van der Waals surface area contributed by atoms with Gasteiger partial charge in [-0.3, -0.25) is 9.48 Å². The monoisotopic (exact) mass is 298 g/mol. The van der Waals surface area contributed by atoms with Crippen LogP contribution in [0, 0.1) is 0 Å². The van der Waals surface area contributed by atoms with Crippen LogP contribution >= 0.6 is 0 Å². The fourth-order valence-corrected chi connectivity index (χ4v) is 2.82. The lowest BCUT2D eigenvalue weighted by molar-refractivity contribution is 0.1000. The molecule has 0 spiro atoms. The predicted molar refractivity (Wildman–Crippen MR) is 78.4 cm³/mol. The number of fused-ring (bicyclic) bond motifs is 1. The molecule has 22 heavy (non-hydrogen) atoms. The van der Waals surface area contributed by atoms with Crippen molar-refractivity contribution in [3.63, 3.8) is 0 Å². The summed E-state index contributed by atoms with van der Waals surface area (Å²) in [6, 6.07) is 2.04. The number of nitrogens with zero attached hydrogens (tertiary/aromatic N) is 5. The molecule has 8 heteroatoms. The van der Waals surface area contributed by atoms with Crippen LogP contribution in [0.1, 0.15) is 22.8 Å². The van der Waals surface area contributed by atoms with Crippen LogP contribution in [-0.4, -0.2) is 39.0 Å². The number of amides is 1. The highest BCUT2D eigenvalue weighted by Crippen LogP contribution is 2.30. The number of furan rings is 1. The molecule has 1 aliphatic heterocycles. The highest BCUT2D eigenvalue weighted by molar-refractivity contribution is 5.92. The van der Waals surface area contributed by atoms with E-state index in [-0.39, 0.29) is 6.04 Å². The normalized spacial score (nSPS) is 18.2. The summed E-state index contributed by atoms with van der Waals surface area (Å²) in [6.07, 6.45) is 7.41. The van der Waals surface area contributed by atoms with Crippen molar-refractivity contribution in [3.8, 4) is 0 Å². The maximum Gasteiger partial charge on any atom is 0.251 e. The van der Waals surface area contributed by atoms with Gasteiger partial charge in [0.05, 0.1) is 30.3 Å². The Balaban J connectivity index is 1.59. The molecule has 0 radical (unpaired) electrons. The lowest BCUT2D eigenvalue weighted by Crippen LogP contribution is -2.22. The van der Waals surface area contributed by atoms with Crippen LogP contribution in [0.3, 0.4) is 0 Å². The van der Waals surface area contributed by atoms with Crippen LogP contribution in [0.4, 0.5) is 5.82 Å². The van der Waals surface area contributed by atoms with E-state index >= 15 is 0 Å². The van der Waals surface area contributed by atoms with Crippen LogP contribution in [0.15, 0.2) is 35.3 Å².